The van der Waals surface area contributed by atoms with Gasteiger partial charge in [0, 0.05) is 22.3 Å². The van der Waals surface area contributed by atoms with E-state index in [4.69, 9.17) is 5.26 Å². The Labute approximate surface area is 122 Å². The summed E-state index contributed by atoms with van der Waals surface area (Å²) < 4.78 is 40.7. The van der Waals surface area contributed by atoms with Crippen molar-refractivity contribution in [3.63, 3.8) is 0 Å². The zero-order chi connectivity index (χ0) is 14.7. The number of halogens is 4. The Balaban J connectivity index is 2.21. The molecule has 0 amide bonds. The summed E-state index contributed by atoms with van der Waals surface area (Å²) in [5, 5.41) is 11.4. The molecule has 0 atom stereocenters. The fourth-order valence-corrected chi connectivity index (χ4v) is 2.14. The van der Waals surface area contributed by atoms with Crippen LogP contribution in [0.25, 0.3) is 0 Å². The molecule has 102 valence electrons. The summed E-state index contributed by atoms with van der Waals surface area (Å²) in [6.07, 6.45) is 0. The maximum atomic E-state index is 13.7. The minimum absolute atomic E-state index is 0.0771. The van der Waals surface area contributed by atoms with Crippen LogP contribution >= 0.6 is 15.9 Å². The van der Waals surface area contributed by atoms with Gasteiger partial charge in [-0.05, 0) is 46.3 Å². The maximum absolute atomic E-state index is 13.7. The van der Waals surface area contributed by atoms with Crippen LogP contribution in [-0.2, 0) is 6.54 Å². The average Bonchev–Trinajstić information content (AvgIpc) is 2.39. The van der Waals surface area contributed by atoms with Gasteiger partial charge in [-0.25, -0.2) is 13.2 Å². The molecule has 0 heterocycles. The van der Waals surface area contributed by atoms with Crippen molar-refractivity contribution in [2.75, 3.05) is 5.32 Å². The molecule has 0 radical (unpaired) electrons. The third-order valence-electron chi connectivity index (χ3n) is 2.66. The number of hydrogen-bond acceptors (Lipinski definition) is 2. The molecule has 0 aliphatic rings. The molecule has 0 fully saturated rings. The van der Waals surface area contributed by atoms with Gasteiger partial charge in [-0.1, -0.05) is 0 Å². The van der Waals surface area contributed by atoms with Gasteiger partial charge in [0.2, 0.25) is 0 Å². The SMILES string of the molecule is N#Cc1cc(F)c(CNc2ccc(F)cc2Br)c(F)c1. The molecule has 0 aromatic heterocycles. The summed E-state index contributed by atoms with van der Waals surface area (Å²) in [7, 11) is 0. The molecule has 2 rings (SSSR count). The molecular weight excluding hydrogens is 333 g/mol. The molecule has 20 heavy (non-hydrogen) atoms. The lowest BCUT2D eigenvalue weighted by Gasteiger charge is -2.10. The van der Waals surface area contributed by atoms with E-state index in [2.05, 4.69) is 21.2 Å². The molecule has 0 bridgehead atoms. The second-order valence-electron chi connectivity index (χ2n) is 4.01. The van der Waals surface area contributed by atoms with Crippen LogP contribution in [0.15, 0.2) is 34.8 Å². The summed E-state index contributed by atoms with van der Waals surface area (Å²) in [5.74, 6) is -2.02. The first-order valence-electron chi connectivity index (χ1n) is 5.58. The Morgan fingerprint density at radius 2 is 1.75 bits per heavy atom. The number of nitriles is 1. The van der Waals surface area contributed by atoms with E-state index in [1.807, 2.05) is 0 Å². The lowest BCUT2D eigenvalue weighted by atomic mass is 10.1. The first-order valence-corrected chi connectivity index (χ1v) is 6.37. The van der Waals surface area contributed by atoms with Gasteiger partial charge >= 0.3 is 0 Å². The highest BCUT2D eigenvalue weighted by Crippen LogP contribution is 2.24. The van der Waals surface area contributed by atoms with Gasteiger partial charge in [0.05, 0.1) is 11.6 Å². The van der Waals surface area contributed by atoms with Crippen molar-refractivity contribution in [2.24, 2.45) is 0 Å². The third-order valence-corrected chi connectivity index (χ3v) is 3.31. The first kappa shape index (κ1) is 14.4. The zero-order valence-electron chi connectivity index (χ0n) is 10.1. The van der Waals surface area contributed by atoms with E-state index in [-0.39, 0.29) is 17.7 Å². The Hall–Kier alpha value is -2.00. The van der Waals surface area contributed by atoms with Crippen LogP contribution in [-0.4, -0.2) is 0 Å². The first-order chi connectivity index (χ1) is 9.51. The van der Waals surface area contributed by atoms with E-state index in [1.165, 1.54) is 18.2 Å². The molecule has 0 saturated carbocycles. The quantitative estimate of drug-likeness (QED) is 0.901. The lowest BCUT2D eigenvalue weighted by molar-refractivity contribution is 0.559. The predicted molar refractivity (Wildman–Crippen MR) is 72.5 cm³/mol. The Kier molecular flexibility index (Phi) is 4.30. The second kappa shape index (κ2) is 5.97. The van der Waals surface area contributed by atoms with Crippen molar-refractivity contribution in [3.8, 4) is 6.07 Å². The topological polar surface area (TPSA) is 35.8 Å². The summed E-state index contributed by atoms with van der Waals surface area (Å²) in [4.78, 5) is 0. The van der Waals surface area contributed by atoms with E-state index in [0.29, 0.717) is 10.2 Å². The second-order valence-corrected chi connectivity index (χ2v) is 4.86. The van der Waals surface area contributed by atoms with E-state index in [9.17, 15) is 13.2 Å². The fraction of sp³-hybridized carbons (Fsp3) is 0.0714. The molecule has 0 spiro atoms. The van der Waals surface area contributed by atoms with Crippen molar-refractivity contribution in [3.05, 3.63) is 63.4 Å². The van der Waals surface area contributed by atoms with Gasteiger partial charge in [0.15, 0.2) is 0 Å². The molecule has 2 aromatic carbocycles. The highest BCUT2D eigenvalue weighted by atomic mass is 79.9. The van der Waals surface area contributed by atoms with Crippen LogP contribution in [0.3, 0.4) is 0 Å². The summed E-state index contributed by atoms with van der Waals surface area (Å²) in [5.41, 5.74) is 0.251. The normalized spacial score (nSPS) is 10.2. The van der Waals surface area contributed by atoms with Crippen LogP contribution < -0.4 is 5.32 Å². The van der Waals surface area contributed by atoms with E-state index < -0.39 is 17.5 Å². The number of anilines is 1. The van der Waals surface area contributed by atoms with Crippen molar-refractivity contribution in [2.45, 2.75) is 6.54 Å². The monoisotopic (exact) mass is 340 g/mol. The van der Waals surface area contributed by atoms with Crippen LogP contribution in [0, 0.1) is 28.8 Å². The Bertz CT molecular complexity index is 672. The van der Waals surface area contributed by atoms with Gasteiger partial charge in [-0.15, -0.1) is 0 Å². The van der Waals surface area contributed by atoms with Gasteiger partial charge in [0.1, 0.15) is 17.5 Å². The van der Waals surface area contributed by atoms with E-state index in [0.717, 1.165) is 12.1 Å². The van der Waals surface area contributed by atoms with E-state index in [1.54, 1.807) is 6.07 Å². The van der Waals surface area contributed by atoms with Crippen LogP contribution in [0.5, 0.6) is 0 Å². The van der Waals surface area contributed by atoms with Crippen LogP contribution in [0.1, 0.15) is 11.1 Å². The summed E-state index contributed by atoms with van der Waals surface area (Å²) >= 11 is 3.15. The highest BCUT2D eigenvalue weighted by Gasteiger charge is 2.11. The average molecular weight is 341 g/mol. The fourth-order valence-electron chi connectivity index (χ4n) is 1.65. The Morgan fingerprint density at radius 3 is 2.30 bits per heavy atom. The molecular formula is C14H8BrF3N2. The molecule has 0 aliphatic carbocycles. The van der Waals surface area contributed by atoms with Gasteiger partial charge in [-0.3, -0.25) is 0 Å². The minimum atomic E-state index is -0.799. The largest absolute Gasteiger partial charge is 0.380 e. The number of nitrogens with one attached hydrogen (secondary N) is 1. The third kappa shape index (κ3) is 3.11. The predicted octanol–water partition coefficient (Wildman–Crippen LogP) is 4.35. The van der Waals surface area contributed by atoms with Crippen molar-refractivity contribution >= 4 is 21.6 Å². The molecule has 2 nitrogen and oxygen atoms in total. The van der Waals surface area contributed by atoms with Gasteiger partial charge in [-0.2, -0.15) is 5.26 Å². The highest BCUT2D eigenvalue weighted by molar-refractivity contribution is 9.10. The molecule has 0 aliphatic heterocycles. The lowest BCUT2D eigenvalue weighted by Crippen LogP contribution is -2.06. The molecule has 2 aromatic rings. The maximum Gasteiger partial charge on any atom is 0.132 e. The standard InChI is InChI=1S/C14H8BrF3N2/c15-11-5-9(16)1-2-14(11)20-7-10-12(17)3-8(6-19)4-13(10)18/h1-5,20H,7H2. The molecule has 0 saturated heterocycles. The van der Waals surface area contributed by atoms with Crippen molar-refractivity contribution in [1.29, 1.82) is 5.26 Å². The Morgan fingerprint density at radius 1 is 1.10 bits per heavy atom. The van der Waals surface area contributed by atoms with Crippen LogP contribution in [0.2, 0.25) is 0 Å². The zero-order valence-corrected chi connectivity index (χ0v) is 11.6. The molecule has 6 heteroatoms. The molecule has 0 unspecified atom stereocenters. The minimum Gasteiger partial charge on any atom is -0.380 e. The number of nitrogens with zero attached hydrogens (tertiary/aromatic N) is 1. The van der Waals surface area contributed by atoms with Crippen molar-refractivity contribution < 1.29 is 13.2 Å². The van der Waals surface area contributed by atoms with E-state index >= 15 is 0 Å². The van der Waals surface area contributed by atoms with Gasteiger partial charge in [0.25, 0.3) is 0 Å². The number of rotatable bonds is 3. The summed E-state index contributed by atoms with van der Waals surface area (Å²) in [6.45, 7) is -0.117. The number of benzene rings is 2. The molecule has 1 N–H and O–H groups in total. The summed E-state index contributed by atoms with van der Waals surface area (Å²) in [6, 6.07) is 7.56. The number of hydrogen-bond donors (Lipinski definition) is 1. The smallest absolute Gasteiger partial charge is 0.132 e. The van der Waals surface area contributed by atoms with Crippen LogP contribution in [0.4, 0.5) is 18.9 Å². The van der Waals surface area contributed by atoms with Crippen molar-refractivity contribution in [1.82, 2.24) is 0 Å². The van der Waals surface area contributed by atoms with Gasteiger partial charge < -0.3 is 5.32 Å².